The van der Waals surface area contributed by atoms with Gasteiger partial charge in [0.2, 0.25) is 23.6 Å². The van der Waals surface area contributed by atoms with E-state index in [1.807, 2.05) is 0 Å². The van der Waals surface area contributed by atoms with Crippen molar-refractivity contribution in [2.75, 3.05) is 40.1 Å². The number of rotatable bonds is 30. The standard InChI is InChI=1S/C40H56N4O13/c1-27(45)23-31(24-29-10-13-32(46)14-11-29)40(52)42-34(25-28-7-4-3-5-8-28)36(48)26-30(12-16-37(49)43-53)39(51)41-33(15-17-38(50)44-54)35(47)9-6-18-56-21-22-57-20-19-55-2/h3-5,7-8,10-11,13-14,30-31,33-34,46,53-54H,6,9,12,15-26H2,1-2H3,(H,41,51)(H,42,52)(H,43,49)(H,44,50)/t30-,31+,33-,34-/m1/s1. The van der Waals surface area contributed by atoms with Crippen LogP contribution in [0.1, 0.15) is 69.4 Å². The Hall–Kier alpha value is -5.07. The van der Waals surface area contributed by atoms with Gasteiger partial charge in [-0.15, -0.1) is 0 Å². The molecule has 0 fully saturated rings. The van der Waals surface area contributed by atoms with Crippen molar-refractivity contribution < 1.29 is 63.3 Å². The van der Waals surface area contributed by atoms with Gasteiger partial charge in [0.1, 0.15) is 11.5 Å². The molecular formula is C40H56N4O13. The van der Waals surface area contributed by atoms with E-state index in [0.29, 0.717) is 30.9 Å². The minimum absolute atomic E-state index is 0.0294. The second-order valence-corrected chi connectivity index (χ2v) is 13.6. The Kier molecular flexibility index (Phi) is 23.2. The molecule has 17 nitrogen and oxygen atoms in total. The number of Topliss-reactive ketones (excluding diaryl/α,β-unsaturated/α-hetero) is 3. The van der Waals surface area contributed by atoms with Crippen LogP contribution < -0.4 is 21.6 Å². The molecule has 17 heteroatoms. The summed E-state index contributed by atoms with van der Waals surface area (Å²) in [6.07, 6.45) is -1.32. The SMILES string of the molecule is COCCOCCOCCCC(=O)[C@@H](CCC(=O)NO)NC(=O)[C@H](CCC(=O)NO)CC(=O)[C@@H](Cc1ccccc1)NC(=O)[C@@H](CC(C)=O)Cc1ccc(O)cc1. The number of carbonyl (C=O) groups excluding carboxylic acids is 7. The van der Waals surface area contributed by atoms with Crippen LogP contribution in [0, 0.1) is 11.8 Å². The number of hydrogen-bond acceptors (Lipinski definition) is 13. The highest BCUT2D eigenvalue weighted by Gasteiger charge is 2.32. The summed E-state index contributed by atoms with van der Waals surface area (Å²) in [7, 11) is 1.56. The fourth-order valence-electron chi connectivity index (χ4n) is 5.90. The maximum Gasteiger partial charge on any atom is 0.243 e. The van der Waals surface area contributed by atoms with E-state index >= 15 is 0 Å². The molecule has 2 aromatic rings. The summed E-state index contributed by atoms with van der Waals surface area (Å²) < 4.78 is 15.7. The molecule has 7 N–H and O–H groups in total. The predicted molar refractivity (Wildman–Crippen MR) is 204 cm³/mol. The van der Waals surface area contributed by atoms with E-state index in [2.05, 4.69) is 10.6 Å². The third-order valence-electron chi connectivity index (χ3n) is 8.98. The molecule has 0 unspecified atom stereocenters. The zero-order chi connectivity index (χ0) is 42.0. The van der Waals surface area contributed by atoms with Crippen molar-refractivity contribution in [1.82, 2.24) is 21.6 Å². The molecule has 0 spiro atoms. The summed E-state index contributed by atoms with van der Waals surface area (Å²) in [6, 6.07) is 12.6. The maximum atomic E-state index is 14.1. The quantitative estimate of drug-likeness (QED) is 0.0339. The first-order chi connectivity index (χ1) is 27.4. The molecule has 0 radical (unpaired) electrons. The highest BCUT2D eigenvalue weighted by Crippen LogP contribution is 2.20. The Morgan fingerprint density at radius 2 is 1.18 bits per heavy atom. The molecule has 0 heterocycles. The van der Waals surface area contributed by atoms with Crippen molar-refractivity contribution >= 4 is 41.0 Å². The van der Waals surface area contributed by atoms with Crippen LogP contribution in [0.3, 0.4) is 0 Å². The number of phenols is 1. The number of nitrogens with one attached hydrogen (secondary N) is 4. The van der Waals surface area contributed by atoms with Gasteiger partial charge in [-0.2, -0.15) is 0 Å². The van der Waals surface area contributed by atoms with E-state index in [1.165, 1.54) is 30.0 Å². The van der Waals surface area contributed by atoms with E-state index in [0.717, 1.165) is 0 Å². The number of aromatic hydroxyl groups is 1. The zero-order valence-electron chi connectivity index (χ0n) is 32.5. The Morgan fingerprint density at radius 3 is 1.79 bits per heavy atom. The minimum atomic E-state index is -1.22. The van der Waals surface area contributed by atoms with Crippen LogP contribution in [0.4, 0.5) is 0 Å². The molecule has 57 heavy (non-hydrogen) atoms. The smallest absolute Gasteiger partial charge is 0.243 e. The van der Waals surface area contributed by atoms with E-state index in [4.69, 9.17) is 24.6 Å². The predicted octanol–water partition coefficient (Wildman–Crippen LogP) is 1.92. The molecule has 0 aromatic heterocycles. The first kappa shape index (κ1) is 48.1. The fraction of sp³-hybridized carbons (Fsp3) is 0.525. The van der Waals surface area contributed by atoms with E-state index in [-0.39, 0.29) is 82.5 Å². The highest BCUT2D eigenvalue weighted by atomic mass is 16.5. The normalized spacial score (nSPS) is 13.1. The molecule has 0 bridgehead atoms. The second kappa shape index (κ2) is 27.5. The number of hydroxylamine groups is 2. The number of benzene rings is 2. The van der Waals surface area contributed by atoms with Crippen LogP contribution in [0.2, 0.25) is 0 Å². The molecule has 2 aromatic carbocycles. The molecule has 4 atom stereocenters. The molecule has 314 valence electrons. The van der Waals surface area contributed by atoms with Crippen LogP contribution in [0.15, 0.2) is 54.6 Å². The van der Waals surface area contributed by atoms with Gasteiger partial charge in [-0.3, -0.25) is 39.2 Å². The number of methoxy groups -OCH3 is 1. The first-order valence-electron chi connectivity index (χ1n) is 18.8. The van der Waals surface area contributed by atoms with Gasteiger partial charge in [0.05, 0.1) is 38.5 Å². The lowest BCUT2D eigenvalue weighted by atomic mass is 9.89. The zero-order valence-corrected chi connectivity index (χ0v) is 32.5. The van der Waals surface area contributed by atoms with Crippen LogP contribution in [-0.4, -0.2) is 109 Å². The Balaban J connectivity index is 2.28. The van der Waals surface area contributed by atoms with E-state index in [1.54, 1.807) is 49.6 Å². The van der Waals surface area contributed by atoms with Crippen LogP contribution >= 0.6 is 0 Å². The Bertz CT molecular complexity index is 1570. The Morgan fingerprint density at radius 1 is 0.614 bits per heavy atom. The number of phenolic OH excluding ortho intramolecular Hbond substituents is 1. The van der Waals surface area contributed by atoms with Gasteiger partial charge < -0.3 is 34.7 Å². The number of hydrogen-bond donors (Lipinski definition) is 7. The van der Waals surface area contributed by atoms with Crippen molar-refractivity contribution in [1.29, 1.82) is 0 Å². The largest absolute Gasteiger partial charge is 0.508 e. The highest BCUT2D eigenvalue weighted by molar-refractivity contribution is 5.95. The number of ether oxygens (including phenoxy) is 3. The lowest BCUT2D eigenvalue weighted by molar-refractivity contribution is -0.136. The van der Waals surface area contributed by atoms with Crippen molar-refractivity contribution in [3.63, 3.8) is 0 Å². The van der Waals surface area contributed by atoms with Crippen molar-refractivity contribution in [2.24, 2.45) is 11.8 Å². The number of ketones is 3. The minimum Gasteiger partial charge on any atom is -0.508 e. The molecule has 0 aliphatic rings. The topological polar surface area (TPSA) is 256 Å². The van der Waals surface area contributed by atoms with Gasteiger partial charge in [-0.1, -0.05) is 42.5 Å². The van der Waals surface area contributed by atoms with Crippen molar-refractivity contribution in [3.05, 3.63) is 65.7 Å². The number of amides is 4. The monoisotopic (exact) mass is 800 g/mol. The molecular weight excluding hydrogens is 744 g/mol. The van der Waals surface area contributed by atoms with Crippen molar-refractivity contribution in [2.45, 2.75) is 83.2 Å². The summed E-state index contributed by atoms with van der Waals surface area (Å²) in [6.45, 7) is 3.02. The third kappa shape index (κ3) is 20.1. The molecule has 0 saturated heterocycles. The average Bonchev–Trinajstić information content (AvgIpc) is 3.20. The maximum absolute atomic E-state index is 14.1. The lowest BCUT2D eigenvalue weighted by Gasteiger charge is -2.25. The van der Waals surface area contributed by atoms with Crippen LogP contribution in [0.25, 0.3) is 0 Å². The van der Waals surface area contributed by atoms with Gasteiger partial charge in [-0.25, -0.2) is 11.0 Å². The van der Waals surface area contributed by atoms with E-state index < -0.39 is 65.5 Å². The van der Waals surface area contributed by atoms with Crippen LogP contribution in [0.5, 0.6) is 5.75 Å². The Labute approximate surface area is 332 Å². The summed E-state index contributed by atoms with van der Waals surface area (Å²) in [5.74, 6) is -6.31. The second-order valence-electron chi connectivity index (χ2n) is 13.6. The average molecular weight is 801 g/mol. The molecule has 0 aliphatic carbocycles. The summed E-state index contributed by atoms with van der Waals surface area (Å²) in [4.78, 5) is 91.2. The lowest BCUT2D eigenvalue weighted by Crippen LogP contribution is -2.48. The summed E-state index contributed by atoms with van der Waals surface area (Å²) in [5, 5.41) is 33.2. The molecule has 0 saturated carbocycles. The third-order valence-corrected chi connectivity index (χ3v) is 8.98. The molecule has 4 amide bonds. The summed E-state index contributed by atoms with van der Waals surface area (Å²) in [5.41, 5.74) is 4.35. The van der Waals surface area contributed by atoms with Gasteiger partial charge in [0.15, 0.2) is 11.6 Å². The molecule has 0 aliphatic heterocycles. The van der Waals surface area contributed by atoms with Crippen LogP contribution in [-0.2, 0) is 60.6 Å². The summed E-state index contributed by atoms with van der Waals surface area (Å²) >= 11 is 0. The first-order valence-corrected chi connectivity index (χ1v) is 18.8. The van der Waals surface area contributed by atoms with Crippen molar-refractivity contribution in [3.8, 4) is 5.75 Å². The van der Waals surface area contributed by atoms with Gasteiger partial charge in [-0.05, 0) is 62.3 Å². The molecule has 2 rings (SSSR count). The van der Waals surface area contributed by atoms with Gasteiger partial charge in [0, 0.05) is 57.7 Å². The number of carbonyl (C=O) groups is 7. The van der Waals surface area contributed by atoms with E-state index in [9.17, 15) is 38.7 Å². The fourth-order valence-corrected chi connectivity index (χ4v) is 5.90. The van der Waals surface area contributed by atoms with Gasteiger partial charge in [0.25, 0.3) is 0 Å². The van der Waals surface area contributed by atoms with Gasteiger partial charge >= 0.3 is 0 Å².